The highest BCUT2D eigenvalue weighted by atomic mass is 16.5. The molecule has 1 saturated carbocycles. The van der Waals surface area contributed by atoms with Gasteiger partial charge in [0.25, 0.3) is 0 Å². The number of amides is 1. The number of rotatable bonds is 5. The van der Waals surface area contributed by atoms with Crippen molar-refractivity contribution < 1.29 is 14.3 Å². The fourth-order valence-electron chi connectivity index (χ4n) is 2.37. The molecule has 1 amide bonds. The van der Waals surface area contributed by atoms with Crippen LogP contribution in [0.1, 0.15) is 30.4 Å². The first-order valence-corrected chi connectivity index (χ1v) is 6.65. The lowest BCUT2D eigenvalue weighted by molar-refractivity contribution is -0.127. The molecule has 0 heterocycles. The highest BCUT2D eigenvalue weighted by Gasteiger charge is 2.25. The van der Waals surface area contributed by atoms with E-state index in [0.29, 0.717) is 6.54 Å². The summed E-state index contributed by atoms with van der Waals surface area (Å²) in [7, 11) is 3.28. The Morgan fingerprint density at radius 2 is 2.05 bits per heavy atom. The molecule has 104 valence electrons. The van der Waals surface area contributed by atoms with Crippen LogP contribution < -0.4 is 14.8 Å². The maximum absolute atomic E-state index is 11.8. The number of hydrogen-bond donors (Lipinski definition) is 1. The van der Waals surface area contributed by atoms with Crippen LogP contribution in [0.5, 0.6) is 11.5 Å². The third-order valence-electron chi connectivity index (χ3n) is 3.79. The first-order chi connectivity index (χ1) is 9.17. The molecule has 0 bridgehead atoms. The lowest BCUT2D eigenvalue weighted by Gasteiger charge is -2.24. The van der Waals surface area contributed by atoms with Crippen LogP contribution in [0, 0.1) is 12.8 Å². The van der Waals surface area contributed by atoms with Crippen molar-refractivity contribution >= 4 is 5.91 Å². The quantitative estimate of drug-likeness (QED) is 0.887. The number of methoxy groups -OCH3 is 2. The number of benzene rings is 1. The van der Waals surface area contributed by atoms with Gasteiger partial charge < -0.3 is 14.8 Å². The van der Waals surface area contributed by atoms with Crippen molar-refractivity contribution in [2.45, 2.75) is 32.7 Å². The molecule has 1 N–H and O–H groups in total. The average molecular weight is 263 g/mol. The third kappa shape index (κ3) is 2.83. The Hall–Kier alpha value is -1.71. The van der Waals surface area contributed by atoms with Crippen LogP contribution in [-0.2, 0) is 11.3 Å². The van der Waals surface area contributed by atoms with Crippen LogP contribution in [0.2, 0.25) is 0 Å². The Kier molecular flexibility index (Phi) is 4.30. The lowest BCUT2D eigenvalue weighted by Crippen LogP contribution is -2.34. The number of ether oxygens (including phenoxy) is 2. The van der Waals surface area contributed by atoms with E-state index in [9.17, 15) is 4.79 Å². The molecule has 1 fully saturated rings. The van der Waals surface area contributed by atoms with E-state index in [2.05, 4.69) is 5.32 Å². The molecule has 2 rings (SSSR count). The molecule has 1 aliphatic rings. The number of carbonyl (C=O) groups excluding carboxylic acids is 1. The summed E-state index contributed by atoms with van der Waals surface area (Å²) in [6, 6.07) is 3.84. The predicted octanol–water partition coefficient (Wildman–Crippen LogP) is 2.43. The van der Waals surface area contributed by atoms with Gasteiger partial charge in [-0.1, -0.05) is 6.42 Å². The minimum atomic E-state index is 0.154. The van der Waals surface area contributed by atoms with Crippen molar-refractivity contribution in [3.8, 4) is 11.5 Å². The van der Waals surface area contributed by atoms with E-state index in [1.165, 1.54) is 6.42 Å². The standard InChI is InChI=1S/C15H21NO3/c1-10-13(18-2)8-7-12(14(10)19-3)9-16-15(17)11-5-4-6-11/h7-8,11H,4-6,9H2,1-3H3,(H,16,17). The summed E-state index contributed by atoms with van der Waals surface area (Å²) < 4.78 is 10.7. The Labute approximate surface area is 114 Å². The zero-order valence-electron chi connectivity index (χ0n) is 11.8. The van der Waals surface area contributed by atoms with Crippen molar-refractivity contribution in [2.24, 2.45) is 5.92 Å². The van der Waals surface area contributed by atoms with E-state index in [1.54, 1.807) is 14.2 Å². The highest BCUT2D eigenvalue weighted by Crippen LogP contribution is 2.31. The topological polar surface area (TPSA) is 47.6 Å². The van der Waals surface area contributed by atoms with Crippen LogP contribution >= 0.6 is 0 Å². The van der Waals surface area contributed by atoms with Gasteiger partial charge in [0.2, 0.25) is 5.91 Å². The van der Waals surface area contributed by atoms with Gasteiger partial charge in [0.15, 0.2) is 0 Å². The van der Waals surface area contributed by atoms with Crippen molar-refractivity contribution in [1.29, 1.82) is 0 Å². The molecule has 0 radical (unpaired) electrons. The Bertz CT molecular complexity index is 467. The summed E-state index contributed by atoms with van der Waals surface area (Å²) in [6.45, 7) is 2.46. The van der Waals surface area contributed by atoms with Gasteiger partial charge in [0.1, 0.15) is 11.5 Å². The number of carbonyl (C=O) groups is 1. The lowest BCUT2D eigenvalue weighted by atomic mass is 9.85. The third-order valence-corrected chi connectivity index (χ3v) is 3.79. The molecular formula is C15H21NO3. The molecule has 19 heavy (non-hydrogen) atoms. The van der Waals surface area contributed by atoms with Crippen LogP contribution in [0.25, 0.3) is 0 Å². The summed E-state index contributed by atoms with van der Waals surface area (Å²) in [6.07, 6.45) is 3.21. The van der Waals surface area contributed by atoms with Crippen LogP contribution in [0.4, 0.5) is 0 Å². The largest absolute Gasteiger partial charge is 0.496 e. The fourth-order valence-corrected chi connectivity index (χ4v) is 2.37. The van der Waals surface area contributed by atoms with Crippen LogP contribution in [-0.4, -0.2) is 20.1 Å². The summed E-state index contributed by atoms with van der Waals surface area (Å²) in [5.74, 6) is 1.95. The zero-order valence-corrected chi connectivity index (χ0v) is 11.8. The first-order valence-electron chi connectivity index (χ1n) is 6.65. The molecule has 0 unspecified atom stereocenters. The molecule has 1 aromatic rings. The normalized spacial score (nSPS) is 14.7. The van der Waals surface area contributed by atoms with Gasteiger partial charge in [-0.25, -0.2) is 0 Å². The van der Waals surface area contributed by atoms with Gasteiger partial charge in [0, 0.05) is 23.6 Å². The number of nitrogens with one attached hydrogen (secondary N) is 1. The van der Waals surface area contributed by atoms with Crippen LogP contribution in [0.3, 0.4) is 0 Å². The molecule has 1 aliphatic carbocycles. The first kappa shape index (κ1) is 13.7. The molecule has 0 aromatic heterocycles. The number of hydrogen-bond acceptors (Lipinski definition) is 3. The van der Waals surface area contributed by atoms with Gasteiger partial charge in [-0.15, -0.1) is 0 Å². The SMILES string of the molecule is COc1ccc(CNC(=O)C2CCC2)c(OC)c1C. The monoisotopic (exact) mass is 263 g/mol. The van der Waals surface area contributed by atoms with E-state index >= 15 is 0 Å². The second kappa shape index (κ2) is 5.95. The average Bonchev–Trinajstić information content (AvgIpc) is 2.34. The molecule has 1 aromatic carbocycles. The minimum Gasteiger partial charge on any atom is -0.496 e. The minimum absolute atomic E-state index is 0.154. The van der Waals surface area contributed by atoms with Gasteiger partial charge in [-0.2, -0.15) is 0 Å². The molecule has 4 nitrogen and oxygen atoms in total. The van der Waals surface area contributed by atoms with Crippen molar-refractivity contribution in [3.63, 3.8) is 0 Å². The van der Waals surface area contributed by atoms with E-state index in [4.69, 9.17) is 9.47 Å². The summed E-state index contributed by atoms with van der Waals surface area (Å²) in [5, 5.41) is 2.98. The molecule has 0 spiro atoms. The molecule has 4 heteroatoms. The van der Waals surface area contributed by atoms with Gasteiger partial charge in [-0.3, -0.25) is 4.79 Å². The predicted molar refractivity (Wildman–Crippen MR) is 73.5 cm³/mol. The molecule has 0 saturated heterocycles. The second-order valence-corrected chi connectivity index (χ2v) is 4.93. The highest BCUT2D eigenvalue weighted by molar-refractivity contribution is 5.79. The van der Waals surface area contributed by atoms with E-state index < -0.39 is 0 Å². The summed E-state index contributed by atoms with van der Waals surface area (Å²) in [4.78, 5) is 11.8. The zero-order chi connectivity index (χ0) is 13.8. The Morgan fingerprint density at radius 3 is 2.58 bits per heavy atom. The Balaban J connectivity index is 2.07. The van der Waals surface area contributed by atoms with Gasteiger partial charge >= 0.3 is 0 Å². The van der Waals surface area contributed by atoms with E-state index in [1.807, 2.05) is 19.1 Å². The molecular weight excluding hydrogens is 242 g/mol. The smallest absolute Gasteiger partial charge is 0.223 e. The van der Waals surface area contributed by atoms with E-state index in [-0.39, 0.29) is 11.8 Å². The van der Waals surface area contributed by atoms with Crippen molar-refractivity contribution in [1.82, 2.24) is 5.32 Å². The van der Waals surface area contributed by atoms with Gasteiger partial charge in [-0.05, 0) is 31.9 Å². The summed E-state index contributed by atoms with van der Waals surface area (Å²) >= 11 is 0. The van der Waals surface area contributed by atoms with Crippen molar-refractivity contribution in [3.05, 3.63) is 23.3 Å². The summed E-state index contributed by atoms with van der Waals surface area (Å²) in [5.41, 5.74) is 1.94. The molecule has 0 aliphatic heterocycles. The van der Waals surface area contributed by atoms with E-state index in [0.717, 1.165) is 35.5 Å². The molecule has 0 atom stereocenters. The van der Waals surface area contributed by atoms with Gasteiger partial charge in [0.05, 0.1) is 14.2 Å². The maximum atomic E-state index is 11.8. The second-order valence-electron chi connectivity index (χ2n) is 4.93. The van der Waals surface area contributed by atoms with Crippen molar-refractivity contribution in [2.75, 3.05) is 14.2 Å². The fraction of sp³-hybridized carbons (Fsp3) is 0.533. The Morgan fingerprint density at radius 1 is 1.32 bits per heavy atom. The maximum Gasteiger partial charge on any atom is 0.223 e. The van der Waals surface area contributed by atoms with Crippen LogP contribution in [0.15, 0.2) is 12.1 Å².